The first-order valence-electron chi connectivity index (χ1n) is 11.3. The number of anilines is 1. The number of aromatic nitrogens is 4. The Morgan fingerprint density at radius 3 is 2.85 bits per heavy atom. The van der Waals surface area contributed by atoms with Crippen LogP contribution in [0.2, 0.25) is 0 Å². The van der Waals surface area contributed by atoms with Gasteiger partial charge in [-0.3, -0.25) is 4.79 Å². The molecular formula is C25H26N6O2. The highest BCUT2D eigenvalue weighted by Gasteiger charge is 2.31. The quantitative estimate of drug-likeness (QED) is 0.509. The van der Waals surface area contributed by atoms with Crippen LogP contribution in [-0.4, -0.2) is 49.0 Å². The third-order valence-corrected chi connectivity index (χ3v) is 6.82. The molecule has 0 radical (unpaired) electrons. The summed E-state index contributed by atoms with van der Waals surface area (Å²) in [7, 11) is 1.98. The van der Waals surface area contributed by atoms with E-state index >= 15 is 0 Å². The van der Waals surface area contributed by atoms with Gasteiger partial charge in [0.1, 0.15) is 5.65 Å². The van der Waals surface area contributed by atoms with Crippen LogP contribution in [0.4, 0.5) is 5.82 Å². The van der Waals surface area contributed by atoms with E-state index < -0.39 is 5.60 Å². The lowest BCUT2D eigenvalue weighted by Crippen LogP contribution is -2.46. The Labute approximate surface area is 191 Å². The van der Waals surface area contributed by atoms with Gasteiger partial charge in [0.15, 0.2) is 5.82 Å². The van der Waals surface area contributed by atoms with E-state index in [9.17, 15) is 9.90 Å². The minimum Gasteiger partial charge on any atom is -0.388 e. The summed E-state index contributed by atoms with van der Waals surface area (Å²) in [5.41, 5.74) is 4.70. The van der Waals surface area contributed by atoms with Crippen LogP contribution >= 0.6 is 0 Å². The number of carbonyl (C=O) groups is 1. The van der Waals surface area contributed by atoms with Gasteiger partial charge in [0.25, 0.3) is 5.91 Å². The highest BCUT2D eigenvalue weighted by atomic mass is 16.3. The van der Waals surface area contributed by atoms with Crippen molar-refractivity contribution in [2.24, 2.45) is 7.05 Å². The van der Waals surface area contributed by atoms with Gasteiger partial charge in [-0.1, -0.05) is 6.07 Å². The SMILES string of the molecule is Cn1ccc2c(-c3ccc(-n4ccc(N5CCC[C@](C)(O)C5)n4)c4c3CNC4=O)ccnc21. The van der Waals surface area contributed by atoms with Crippen LogP contribution in [0.5, 0.6) is 0 Å². The van der Waals surface area contributed by atoms with E-state index in [2.05, 4.69) is 27.3 Å². The number of hydrogen-bond acceptors (Lipinski definition) is 5. The summed E-state index contributed by atoms with van der Waals surface area (Å²) in [5.74, 6) is 0.726. The number of nitrogens with zero attached hydrogens (tertiary/aromatic N) is 5. The molecule has 6 rings (SSSR count). The smallest absolute Gasteiger partial charge is 0.254 e. The zero-order valence-corrected chi connectivity index (χ0v) is 18.7. The van der Waals surface area contributed by atoms with E-state index in [1.54, 1.807) is 4.68 Å². The molecule has 4 aromatic rings. The van der Waals surface area contributed by atoms with E-state index in [1.165, 1.54) is 0 Å². The van der Waals surface area contributed by atoms with E-state index in [1.807, 2.05) is 55.3 Å². The van der Waals surface area contributed by atoms with E-state index in [0.717, 1.165) is 58.6 Å². The standard InChI is InChI=1S/C25H26N6O2/c1-25(33)9-3-11-30(15-25)21-8-13-31(28-21)20-5-4-16(19-14-27-24(32)22(19)20)17-6-10-26-23-18(17)7-12-29(23)2/h4-8,10,12-13,33H,3,9,11,14-15H2,1-2H3,(H,27,32)/t25-/m0/s1. The zero-order chi connectivity index (χ0) is 22.7. The fourth-order valence-electron chi connectivity index (χ4n) is 5.20. The summed E-state index contributed by atoms with van der Waals surface area (Å²) in [6, 6.07) is 10.1. The molecule has 1 amide bonds. The van der Waals surface area contributed by atoms with Crippen molar-refractivity contribution in [2.75, 3.05) is 18.0 Å². The third-order valence-electron chi connectivity index (χ3n) is 6.82. The maximum atomic E-state index is 12.9. The largest absolute Gasteiger partial charge is 0.388 e. The van der Waals surface area contributed by atoms with Crippen LogP contribution in [-0.2, 0) is 13.6 Å². The lowest BCUT2D eigenvalue weighted by atomic mass is 9.94. The Kier molecular flexibility index (Phi) is 4.35. The molecule has 5 heterocycles. The molecule has 1 saturated heterocycles. The van der Waals surface area contributed by atoms with E-state index in [4.69, 9.17) is 5.10 Å². The first-order valence-corrected chi connectivity index (χ1v) is 11.3. The van der Waals surface area contributed by atoms with Crippen molar-refractivity contribution in [3.63, 3.8) is 0 Å². The van der Waals surface area contributed by atoms with Gasteiger partial charge in [-0.15, -0.1) is 0 Å². The van der Waals surface area contributed by atoms with Crippen LogP contribution in [0.15, 0.2) is 48.9 Å². The number of aliphatic hydroxyl groups is 1. The van der Waals surface area contributed by atoms with E-state index in [0.29, 0.717) is 18.7 Å². The normalized spacial score (nSPS) is 20.3. The topological polar surface area (TPSA) is 88.2 Å². The van der Waals surface area contributed by atoms with Gasteiger partial charge in [-0.2, -0.15) is 5.10 Å². The molecule has 8 nitrogen and oxygen atoms in total. The molecule has 168 valence electrons. The van der Waals surface area contributed by atoms with Crippen LogP contribution < -0.4 is 10.2 Å². The molecule has 0 saturated carbocycles. The molecule has 0 spiro atoms. The zero-order valence-electron chi connectivity index (χ0n) is 18.7. The van der Waals surface area contributed by atoms with Gasteiger partial charge >= 0.3 is 0 Å². The van der Waals surface area contributed by atoms with Crippen molar-refractivity contribution in [3.8, 4) is 16.8 Å². The Balaban J connectivity index is 1.44. The summed E-state index contributed by atoms with van der Waals surface area (Å²) >= 11 is 0. The summed E-state index contributed by atoms with van der Waals surface area (Å²) in [5, 5.41) is 19.3. The number of carbonyl (C=O) groups excluding carboxylic acids is 1. The minimum absolute atomic E-state index is 0.0850. The molecule has 8 heteroatoms. The molecule has 33 heavy (non-hydrogen) atoms. The van der Waals surface area contributed by atoms with Crippen molar-refractivity contribution in [2.45, 2.75) is 31.9 Å². The molecule has 1 fully saturated rings. The molecule has 1 aromatic carbocycles. The van der Waals surface area contributed by atoms with Crippen molar-refractivity contribution >= 4 is 22.8 Å². The number of fused-ring (bicyclic) bond motifs is 2. The molecule has 2 N–H and O–H groups in total. The molecule has 0 aliphatic carbocycles. The van der Waals surface area contributed by atoms with E-state index in [-0.39, 0.29) is 5.91 Å². The Morgan fingerprint density at radius 2 is 2.00 bits per heavy atom. The summed E-state index contributed by atoms with van der Waals surface area (Å²) < 4.78 is 3.77. The monoisotopic (exact) mass is 442 g/mol. The third kappa shape index (κ3) is 3.21. The van der Waals surface area contributed by atoms with Gasteiger partial charge in [-0.25, -0.2) is 9.67 Å². The number of rotatable bonds is 3. The van der Waals surface area contributed by atoms with Crippen LogP contribution in [0.1, 0.15) is 35.7 Å². The van der Waals surface area contributed by atoms with Crippen LogP contribution in [0.3, 0.4) is 0 Å². The lowest BCUT2D eigenvalue weighted by Gasteiger charge is -2.36. The lowest BCUT2D eigenvalue weighted by molar-refractivity contribution is 0.0447. The number of piperidine rings is 1. The number of β-amino-alcohol motifs (C(OH)–C–C–N with tert-alkyl or cyclic N) is 1. The van der Waals surface area contributed by atoms with Crippen LogP contribution in [0, 0.1) is 0 Å². The summed E-state index contributed by atoms with van der Waals surface area (Å²) in [4.78, 5) is 19.5. The molecule has 1 atom stereocenters. The molecule has 3 aromatic heterocycles. The minimum atomic E-state index is -0.710. The second-order valence-corrected chi connectivity index (χ2v) is 9.33. The maximum Gasteiger partial charge on any atom is 0.254 e. The average Bonchev–Trinajstić information content (AvgIpc) is 3.52. The fourth-order valence-corrected chi connectivity index (χ4v) is 5.20. The van der Waals surface area contributed by atoms with Gasteiger partial charge in [0.2, 0.25) is 0 Å². The number of nitrogens with one attached hydrogen (secondary N) is 1. The predicted molar refractivity (Wildman–Crippen MR) is 127 cm³/mol. The number of pyridine rings is 1. The number of amides is 1. The first kappa shape index (κ1) is 20.0. The van der Waals surface area contributed by atoms with Gasteiger partial charge in [0, 0.05) is 56.7 Å². The molecule has 0 bridgehead atoms. The van der Waals surface area contributed by atoms with Crippen molar-refractivity contribution in [1.29, 1.82) is 0 Å². The molecule has 2 aliphatic heterocycles. The second kappa shape index (κ2) is 7.18. The van der Waals surface area contributed by atoms with Crippen molar-refractivity contribution in [3.05, 3.63) is 60.0 Å². The Bertz CT molecular complexity index is 1400. The second-order valence-electron chi connectivity index (χ2n) is 9.33. The highest BCUT2D eigenvalue weighted by molar-refractivity contribution is 6.05. The van der Waals surface area contributed by atoms with Crippen molar-refractivity contribution in [1.82, 2.24) is 24.6 Å². The Hall–Kier alpha value is -3.65. The molecular weight excluding hydrogens is 416 g/mol. The predicted octanol–water partition coefficient (Wildman–Crippen LogP) is 3.02. The van der Waals surface area contributed by atoms with Gasteiger partial charge < -0.3 is 19.9 Å². The summed E-state index contributed by atoms with van der Waals surface area (Å²) in [6.45, 7) is 3.77. The molecule has 0 unspecified atom stereocenters. The molecule has 2 aliphatic rings. The van der Waals surface area contributed by atoms with Crippen molar-refractivity contribution < 1.29 is 9.90 Å². The average molecular weight is 443 g/mol. The number of benzene rings is 1. The number of aryl methyl sites for hydroxylation is 1. The van der Waals surface area contributed by atoms with Crippen LogP contribution in [0.25, 0.3) is 27.8 Å². The Morgan fingerprint density at radius 1 is 1.12 bits per heavy atom. The van der Waals surface area contributed by atoms with Gasteiger partial charge in [0.05, 0.1) is 16.9 Å². The highest BCUT2D eigenvalue weighted by Crippen LogP contribution is 2.36. The number of hydrogen-bond donors (Lipinski definition) is 2. The summed E-state index contributed by atoms with van der Waals surface area (Å²) in [6.07, 6.45) is 7.43. The first-order chi connectivity index (χ1) is 15.9. The maximum absolute atomic E-state index is 12.9. The fraction of sp³-hybridized carbons (Fsp3) is 0.320. The van der Waals surface area contributed by atoms with Gasteiger partial charge in [-0.05, 0) is 54.7 Å².